The lowest BCUT2D eigenvalue weighted by Crippen LogP contribution is -2.26. The van der Waals surface area contributed by atoms with E-state index >= 15 is 0 Å². The predicted octanol–water partition coefficient (Wildman–Crippen LogP) is 5.55. The normalized spacial score (nSPS) is 11.9. The molecule has 0 bridgehead atoms. The largest absolute Gasteiger partial charge is 0.489 e. The van der Waals surface area contributed by atoms with Crippen LogP contribution < -0.4 is 10.1 Å². The first-order chi connectivity index (χ1) is 14.3. The Morgan fingerprint density at radius 3 is 2.37 bits per heavy atom. The number of nitrogens with zero attached hydrogens (tertiary/aromatic N) is 2. The second-order valence-corrected chi connectivity index (χ2v) is 7.96. The number of benzene rings is 2. The fourth-order valence-electron chi connectivity index (χ4n) is 3.39. The second kappa shape index (κ2) is 9.35. The highest BCUT2D eigenvalue weighted by Gasteiger charge is 2.16. The Bertz CT molecular complexity index is 1020. The number of ether oxygens (including phenoxy) is 1. The van der Waals surface area contributed by atoms with E-state index in [0.29, 0.717) is 12.2 Å². The molecule has 0 saturated heterocycles. The minimum atomic E-state index is -0.114. The lowest BCUT2D eigenvalue weighted by molar-refractivity contribution is 0.0939. The van der Waals surface area contributed by atoms with Crippen LogP contribution >= 0.6 is 11.6 Å². The van der Waals surface area contributed by atoms with E-state index in [1.165, 1.54) is 0 Å². The highest BCUT2D eigenvalue weighted by molar-refractivity contribution is 6.32. The van der Waals surface area contributed by atoms with E-state index in [2.05, 4.69) is 10.4 Å². The summed E-state index contributed by atoms with van der Waals surface area (Å²) in [6.07, 6.45) is 1.99. The third-order valence-electron chi connectivity index (χ3n) is 5.15. The van der Waals surface area contributed by atoms with Gasteiger partial charge in [0.25, 0.3) is 5.91 Å². The van der Waals surface area contributed by atoms with Gasteiger partial charge in [0.1, 0.15) is 12.4 Å². The average molecular weight is 426 g/mol. The number of carbonyl (C=O) groups excluding carboxylic acids is 1. The molecule has 0 fully saturated rings. The summed E-state index contributed by atoms with van der Waals surface area (Å²) >= 11 is 6.21. The zero-order valence-electron chi connectivity index (χ0n) is 18.1. The number of nitrogens with one attached hydrogen (secondary N) is 1. The standard InChI is InChI=1S/C24H28ClN3O2/c1-6-28-13-22(18(5)27-28)17(4)26-24(29)20-9-7-19(8-10-20)14-30-21-11-15(2)23(25)16(3)12-21/h7-13,17H,6,14H2,1-5H3,(H,26,29). The summed E-state index contributed by atoms with van der Waals surface area (Å²) in [4.78, 5) is 12.6. The molecule has 1 heterocycles. The molecule has 1 unspecified atom stereocenters. The predicted molar refractivity (Wildman–Crippen MR) is 120 cm³/mol. The number of hydrogen-bond acceptors (Lipinski definition) is 3. The number of halogens is 1. The monoisotopic (exact) mass is 425 g/mol. The molecule has 0 spiro atoms. The first kappa shape index (κ1) is 21.9. The molecule has 1 N–H and O–H groups in total. The van der Waals surface area contributed by atoms with Gasteiger partial charge in [-0.2, -0.15) is 5.10 Å². The second-order valence-electron chi connectivity index (χ2n) is 7.58. The zero-order valence-corrected chi connectivity index (χ0v) is 18.9. The van der Waals surface area contributed by atoms with Crippen molar-refractivity contribution in [1.82, 2.24) is 15.1 Å². The van der Waals surface area contributed by atoms with Gasteiger partial charge in [0, 0.05) is 28.9 Å². The number of carbonyl (C=O) groups is 1. The van der Waals surface area contributed by atoms with Crippen molar-refractivity contribution < 1.29 is 9.53 Å². The Balaban J connectivity index is 1.60. The first-order valence-electron chi connectivity index (χ1n) is 10.1. The van der Waals surface area contributed by atoms with Crippen LogP contribution in [0.15, 0.2) is 42.6 Å². The van der Waals surface area contributed by atoms with Crippen LogP contribution in [0.25, 0.3) is 0 Å². The summed E-state index contributed by atoms with van der Waals surface area (Å²) in [5.74, 6) is 0.676. The molecule has 0 aliphatic carbocycles. The fourth-order valence-corrected chi connectivity index (χ4v) is 3.50. The molecule has 5 nitrogen and oxygen atoms in total. The van der Waals surface area contributed by atoms with E-state index in [1.54, 1.807) is 0 Å². The zero-order chi connectivity index (χ0) is 21.8. The van der Waals surface area contributed by atoms with E-state index in [4.69, 9.17) is 16.3 Å². The average Bonchev–Trinajstić information content (AvgIpc) is 3.11. The minimum Gasteiger partial charge on any atom is -0.489 e. The molecule has 0 aliphatic rings. The van der Waals surface area contributed by atoms with Gasteiger partial charge >= 0.3 is 0 Å². The van der Waals surface area contributed by atoms with E-state index in [-0.39, 0.29) is 11.9 Å². The lowest BCUT2D eigenvalue weighted by Gasteiger charge is -2.14. The van der Waals surface area contributed by atoms with Crippen LogP contribution in [0.4, 0.5) is 0 Å². The third-order valence-corrected chi connectivity index (χ3v) is 5.75. The molecule has 0 saturated carbocycles. The summed E-state index contributed by atoms with van der Waals surface area (Å²) in [7, 11) is 0. The minimum absolute atomic E-state index is 0.109. The molecule has 6 heteroatoms. The van der Waals surface area contributed by atoms with E-state index in [1.807, 2.05) is 81.9 Å². The fraction of sp³-hybridized carbons (Fsp3) is 0.333. The van der Waals surface area contributed by atoms with Crippen molar-refractivity contribution in [3.8, 4) is 5.75 Å². The van der Waals surface area contributed by atoms with E-state index < -0.39 is 0 Å². The van der Waals surface area contributed by atoms with Crippen molar-refractivity contribution in [1.29, 1.82) is 0 Å². The molecular formula is C24H28ClN3O2. The van der Waals surface area contributed by atoms with Gasteiger partial charge in [-0.3, -0.25) is 9.48 Å². The van der Waals surface area contributed by atoms with Gasteiger partial charge in [0.2, 0.25) is 0 Å². The highest BCUT2D eigenvalue weighted by atomic mass is 35.5. The molecule has 0 radical (unpaired) electrons. The molecule has 158 valence electrons. The van der Waals surface area contributed by atoms with Crippen molar-refractivity contribution in [3.05, 3.63) is 81.1 Å². The molecule has 1 amide bonds. The third kappa shape index (κ3) is 5.03. The summed E-state index contributed by atoms with van der Waals surface area (Å²) in [6, 6.07) is 11.2. The van der Waals surface area contributed by atoms with Gasteiger partial charge < -0.3 is 10.1 Å². The maximum Gasteiger partial charge on any atom is 0.251 e. The number of rotatable bonds is 7. The van der Waals surface area contributed by atoms with Gasteiger partial charge in [0.05, 0.1) is 11.7 Å². The number of aromatic nitrogens is 2. The van der Waals surface area contributed by atoms with Crippen molar-refractivity contribution >= 4 is 17.5 Å². The summed E-state index contributed by atoms with van der Waals surface area (Å²) in [6.45, 7) is 11.1. The van der Waals surface area contributed by atoms with E-state index in [9.17, 15) is 4.79 Å². The topological polar surface area (TPSA) is 56.2 Å². The van der Waals surface area contributed by atoms with Crippen LogP contribution in [0.5, 0.6) is 5.75 Å². The maximum absolute atomic E-state index is 12.6. The van der Waals surface area contributed by atoms with Crippen molar-refractivity contribution in [2.75, 3.05) is 0 Å². The van der Waals surface area contributed by atoms with Crippen molar-refractivity contribution in [3.63, 3.8) is 0 Å². The summed E-state index contributed by atoms with van der Waals surface area (Å²) < 4.78 is 7.77. The summed E-state index contributed by atoms with van der Waals surface area (Å²) in [5.41, 5.74) is 5.56. The van der Waals surface area contributed by atoms with E-state index in [0.717, 1.165) is 45.3 Å². The van der Waals surface area contributed by atoms with Crippen molar-refractivity contribution in [2.45, 2.75) is 53.8 Å². The quantitative estimate of drug-likeness (QED) is 0.539. The van der Waals surface area contributed by atoms with Crippen LogP contribution in [-0.2, 0) is 13.2 Å². The molecular weight excluding hydrogens is 398 g/mol. The maximum atomic E-state index is 12.6. The number of hydrogen-bond donors (Lipinski definition) is 1. The smallest absolute Gasteiger partial charge is 0.251 e. The molecule has 0 aliphatic heterocycles. The Kier molecular flexibility index (Phi) is 6.83. The van der Waals surface area contributed by atoms with Crippen LogP contribution in [0, 0.1) is 20.8 Å². The van der Waals surface area contributed by atoms with Crippen LogP contribution in [0.2, 0.25) is 5.02 Å². The Morgan fingerprint density at radius 1 is 1.17 bits per heavy atom. The van der Waals surface area contributed by atoms with Crippen LogP contribution in [0.3, 0.4) is 0 Å². The number of amides is 1. The van der Waals surface area contributed by atoms with Gasteiger partial charge in [-0.1, -0.05) is 23.7 Å². The number of aryl methyl sites for hydroxylation is 4. The van der Waals surface area contributed by atoms with Gasteiger partial charge in [-0.25, -0.2) is 0 Å². The van der Waals surface area contributed by atoms with Crippen LogP contribution in [0.1, 0.15) is 58.2 Å². The highest BCUT2D eigenvalue weighted by Crippen LogP contribution is 2.26. The Labute approximate surface area is 183 Å². The SMILES string of the molecule is CCn1cc(C(C)NC(=O)c2ccc(COc3cc(C)c(Cl)c(C)c3)cc2)c(C)n1. The molecule has 2 aromatic carbocycles. The molecule has 30 heavy (non-hydrogen) atoms. The first-order valence-corrected chi connectivity index (χ1v) is 10.5. The van der Waals surface area contributed by atoms with Crippen molar-refractivity contribution in [2.24, 2.45) is 0 Å². The van der Waals surface area contributed by atoms with Gasteiger partial charge in [0.15, 0.2) is 0 Å². The molecule has 1 aromatic heterocycles. The Morgan fingerprint density at radius 2 is 1.80 bits per heavy atom. The van der Waals surface area contributed by atoms with Gasteiger partial charge in [-0.15, -0.1) is 0 Å². The Hall–Kier alpha value is -2.79. The van der Waals surface area contributed by atoms with Gasteiger partial charge in [-0.05, 0) is 75.6 Å². The molecule has 3 rings (SSSR count). The summed E-state index contributed by atoms with van der Waals surface area (Å²) in [5, 5.41) is 8.26. The molecule has 3 aromatic rings. The molecule has 1 atom stereocenters. The lowest BCUT2D eigenvalue weighted by atomic mass is 10.1. The van der Waals surface area contributed by atoms with Crippen LogP contribution in [-0.4, -0.2) is 15.7 Å².